The van der Waals surface area contributed by atoms with Gasteiger partial charge >= 0.3 is 0 Å². The molecule has 1 saturated heterocycles. The molecule has 0 aliphatic carbocycles. The van der Waals surface area contributed by atoms with Gasteiger partial charge in [0.05, 0.1) is 0 Å². The van der Waals surface area contributed by atoms with Crippen molar-refractivity contribution in [3.8, 4) is 0 Å². The van der Waals surface area contributed by atoms with Gasteiger partial charge in [0.2, 0.25) is 5.91 Å². The lowest BCUT2D eigenvalue weighted by Crippen LogP contribution is -2.34. The topological polar surface area (TPSA) is 53.7 Å². The normalized spacial score (nSPS) is 19.5. The molecule has 0 spiro atoms. The Balaban J connectivity index is 1.93. The molecular weight excluding hydrogens is 310 g/mol. The largest absolute Gasteiger partial charge is 0.450 e. The van der Waals surface area contributed by atoms with Crippen molar-refractivity contribution in [3.63, 3.8) is 0 Å². The van der Waals surface area contributed by atoms with E-state index < -0.39 is 0 Å². The third kappa shape index (κ3) is 3.94. The highest BCUT2D eigenvalue weighted by Gasteiger charge is 2.26. The number of rotatable bonds is 5. The van der Waals surface area contributed by atoms with E-state index in [1.165, 1.54) is 0 Å². The third-order valence-electron chi connectivity index (χ3n) is 3.34. The molecule has 0 radical (unpaired) electrons. The standard InChI is InChI=1S/C14H18BrNO3/c15-13-7-5-12(19-13)6-8-14(18)16-9-1-3-11(16)4-2-10-17/h5-8,11,17H,1-4,9-10H2. The summed E-state index contributed by atoms with van der Waals surface area (Å²) in [7, 11) is 0. The SMILES string of the molecule is O=C(C=Cc1ccc(Br)o1)N1CCCC1CCCO. The van der Waals surface area contributed by atoms with E-state index in [-0.39, 0.29) is 18.6 Å². The second-order valence-corrected chi connectivity index (χ2v) is 5.45. The van der Waals surface area contributed by atoms with Crippen LogP contribution in [-0.2, 0) is 4.79 Å². The van der Waals surface area contributed by atoms with Gasteiger partial charge in [0, 0.05) is 25.3 Å². The summed E-state index contributed by atoms with van der Waals surface area (Å²) < 4.78 is 5.97. The van der Waals surface area contributed by atoms with Crippen LogP contribution in [0.4, 0.5) is 0 Å². The van der Waals surface area contributed by atoms with Crippen LogP contribution in [-0.4, -0.2) is 35.1 Å². The molecule has 0 aromatic carbocycles. The fourth-order valence-corrected chi connectivity index (χ4v) is 2.74. The minimum atomic E-state index is 0.0213. The molecule has 1 unspecified atom stereocenters. The minimum Gasteiger partial charge on any atom is -0.450 e. The van der Waals surface area contributed by atoms with E-state index >= 15 is 0 Å². The maximum Gasteiger partial charge on any atom is 0.246 e. The molecule has 2 rings (SSSR count). The van der Waals surface area contributed by atoms with Crippen molar-refractivity contribution in [2.75, 3.05) is 13.2 Å². The minimum absolute atomic E-state index is 0.0213. The molecule has 0 bridgehead atoms. The number of hydrogen-bond donors (Lipinski definition) is 1. The Kier molecular flexibility index (Phi) is 5.22. The molecule has 1 aromatic rings. The van der Waals surface area contributed by atoms with Crippen LogP contribution < -0.4 is 0 Å². The highest BCUT2D eigenvalue weighted by atomic mass is 79.9. The Morgan fingerprint density at radius 2 is 2.42 bits per heavy atom. The van der Waals surface area contributed by atoms with E-state index in [0.29, 0.717) is 10.4 Å². The Morgan fingerprint density at radius 3 is 3.11 bits per heavy atom. The first kappa shape index (κ1) is 14.3. The zero-order chi connectivity index (χ0) is 13.7. The molecule has 1 amide bonds. The van der Waals surface area contributed by atoms with Crippen molar-refractivity contribution < 1.29 is 14.3 Å². The molecule has 104 valence electrons. The van der Waals surface area contributed by atoms with Crippen molar-refractivity contribution in [2.24, 2.45) is 0 Å². The Labute approximate surface area is 121 Å². The van der Waals surface area contributed by atoms with Gasteiger partial charge < -0.3 is 14.4 Å². The predicted octanol–water partition coefficient (Wildman–Crippen LogP) is 2.82. The van der Waals surface area contributed by atoms with Crippen molar-refractivity contribution in [3.05, 3.63) is 28.6 Å². The maximum absolute atomic E-state index is 12.1. The number of aliphatic hydroxyl groups excluding tert-OH is 1. The summed E-state index contributed by atoms with van der Waals surface area (Å²) in [6.45, 7) is 0.996. The van der Waals surface area contributed by atoms with E-state index in [4.69, 9.17) is 9.52 Å². The zero-order valence-electron chi connectivity index (χ0n) is 10.7. The number of aliphatic hydroxyl groups is 1. The van der Waals surface area contributed by atoms with E-state index in [1.54, 1.807) is 24.3 Å². The second kappa shape index (κ2) is 6.91. The number of carbonyl (C=O) groups excluding carboxylic acids is 1. The Morgan fingerprint density at radius 1 is 1.58 bits per heavy atom. The van der Waals surface area contributed by atoms with E-state index in [0.717, 1.165) is 32.2 Å². The summed E-state index contributed by atoms with van der Waals surface area (Å²) >= 11 is 3.22. The molecule has 2 heterocycles. The highest BCUT2D eigenvalue weighted by Crippen LogP contribution is 2.22. The van der Waals surface area contributed by atoms with Crippen LogP contribution in [0.25, 0.3) is 6.08 Å². The lowest BCUT2D eigenvalue weighted by atomic mass is 10.1. The van der Waals surface area contributed by atoms with Gasteiger partial charge in [0.25, 0.3) is 0 Å². The fraction of sp³-hybridized carbons (Fsp3) is 0.500. The predicted molar refractivity (Wildman–Crippen MR) is 76.5 cm³/mol. The number of halogens is 1. The molecule has 4 nitrogen and oxygen atoms in total. The number of carbonyl (C=O) groups is 1. The highest BCUT2D eigenvalue weighted by molar-refractivity contribution is 9.10. The maximum atomic E-state index is 12.1. The van der Waals surface area contributed by atoms with Gasteiger partial charge in [-0.3, -0.25) is 4.79 Å². The molecule has 1 aliphatic heterocycles. The molecule has 1 aromatic heterocycles. The van der Waals surface area contributed by atoms with Crippen LogP contribution in [0.3, 0.4) is 0 Å². The summed E-state index contributed by atoms with van der Waals surface area (Å²) in [6, 6.07) is 3.87. The molecule has 19 heavy (non-hydrogen) atoms. The van der Waals surface area contributed by atoms with Gasteiger partial charge in [-0.2, -0.15) is 0 Å². The van der Waals surface area contributed by atoms with Crippen LogP contribution >= 0.6 is 15.9 Å². The van der Waals surface area contributed by atoms with Gasteiger partial charge in [-0.05, 0) is 59.8 Å². The molecule has 1 aliphatic rings. The van der Waals surface area contributed by atoms with E-state index in [9.17, 15) is 4.79 Å². The van der Waals surface area contributed by atoms with Crippen molar-refractivity contribution in [1.82, 2.24) is 4.90 Å². The molecule has 1 fully saturated rings. The van der Waals surface area contributed by atoms with Crippen LogP contribution in [0.1, 0.15) is 31.4 Å². The smallest absolute Gasteiger partial charge is 0.246 e. The van der Waals surface area contributed by atoms with E-state index in [1.807, 2.05) is 4.90 Å². The number of nitrogens with zero attached hydrogens (tertiary/aromatic N) is 1. The third-order valence-corrected chi connectivity index (χ3v) is 3.77. The lowest BCUT2D eigenvalue weighted by molar-refractivity contribution is -0.126. The van der Waals surface area contributed by atoms with Crippen LogP contribution in [0.5, 0.6) is 0 Å². The molecule has 5 heteroatoms. The van der Waals surface area contributed by atoms with Gasteiger partial charge in [-0.15, -0.1) is 0 Å². The molecule has 1 atom stereocenters. The first-order chi connectivity index (χ1) is 9.20. The number of likely N-dealkylation sites (tertiary alicyclic amines) is 1. The van der Waals surface area contributed by atoms with Crippen LogP contribution in [0, 0.1) is 0 Å². The average Bonchev–Trinajstić information content (AvgIpc) is 3.02. The summed E-state index contributed by atoms with van der Waals surface area (Å²) in [5, 5.41) is 8.87. The second-order valence-electron chi connectivity index (χ2n) is 4.67. The van der Waals surface area contributed by atoms with Gasteiger partial charge in [-0.25, -0.2) is 0 Å². The zero-order valence-corrected chi connectivity index (χ0v) is 12.3. The van der Waals surface area contributed by atoms with Crippen LogP contribution in [0.2, 0.25) is 0 Å². The summed E-state index contributed by atoms with van der Waals surface area (Å²) in [5.41, 5.74) is 0. The number of amides is 1. The van der Waals surface area contributed by atoms with Gasteiger partial charge in [0.1, 0.15) is 5.76 Å². The monoisotopic (exact) mass is 327 g/mol. The summed E-state index contributed by atoms with van der Waals surface area (Å²) in [5.74, 6) is 0.680. The van der Waals surface area contributed by atoms with Crippen molar-refractivity contribution >= 4 is 27.9 Å². The number of hydrogen-bond acceptors (Lipinski definition) is 3. The summed E-state index contributed by atoms with van der Waals surface area (Å²) in [4.78, 5) is 14.0. The molecule has 1 N–H and O–H groups in total. The molecule has 0 saturated carbocycles. The Bertz CT molecular complexity index is 455. The van der Waals surface area contributed by atoms with Crippen molar-refractivity contribution in [1.29, 1.82) is 0 Å². The summed E-state index contributed by atoms with van der Waals surface area (Å²) in [6.07, 6.45) is 6.95. The van der Waals surface area contributed by atoms with Crippen molar-refractivity contribution in [2.45, 2.75) is 31.7 Å². The lowest BCUT2D eigenvalue weighted by Gasteiger charge is -2.23. The first-order valence-corrected chi connectivity index (χ1v) is 7.35. The quantitative estimate of drug-likeness (QED) is 0.846. The average molecular weight is 328 g/mol. The van der Waals surface area contributed by atoms with E-state index in [2.05, 4.69) is 15.9 Å². The molecular formula is C14H18BrNO3. The number of furan rings is 1. The van der Waals surface area contributed by atoms with Gasteiger partial charge in [-0.1, -0.05) is 0 Å². The first-order valence-electron chi connectivity index (χ1n) is 6.55. The van der Waals surface area contributed by atoms with Crippen LogP contribution in [0.15, 0.2) is 27.3 Å². The van der Waals surface area contributed by atoms with Gasteiger partial charge in [0.15, 0.2) is 4.67 Å². The Hall–Kier alpha value is -1.07. The fourth-order valence-electron chi connectivity index (χ4n) is 2.42.